The Balaban J connectivity index is 1.28. The average Bonchev–Trinajstić information content (AvgIpc) is 3.19. The van der Waals surface area contributed by atoms with E-state index in [9.17, 15) is 4.79 Å². The molecule has 1 aliphatic rings. The Morgan fingerprint density at radius 2 is 1.47 bits per heavy atom. The van der Waals surface area contributed by atoms with Gasteiger partial charge in [0.05, 0.1) is 13.2 Å². The van der Waals surface area contributed by atoms with Crippen molar-refractivity contribution in [3.05, 3.63) is 124 Å². The molecular formula is C38H40O5. The summed E-state index contributed by atoms with van der Waals surface area (Å²) >= 11 is 0. The molecule has 0 N–H and O–H groups in total. The third kappa shape index (κ3) is 7.61. The predicted octanol–water partition coefficient (Wildman–Crippen LogP) is 8.10. The van der Waals surface area contributed by atoms with Crippen LogP contribution in [0.1, 0.15) is 59.8 Å². The molecule has 5 heteroatoms. The summed E-state index contributed by atoms with van der Waals surface area (Å²) in [6.45, 7) is 5.17. The molecule has 5 rings (SSSR count). The van der Waals surface area contributed by atoms with Gasteiger partial charge in [-0.3, -0.25) is 0 Å². The van der Waals surface area contributed by atoms with Crippen molar-refractivity contribution in [1.82, 2.24) is 0 Å². The van der Waals surface area contributed by atoms with Gasteiger partial charge < -0.3 is 18.9 Å². The number of hydrogen-bond donors (Lipinski definition) is 0. The Morgan fingerprint density at radius 1 is 0.767 bits per heavy atom. The summed E-state index contributed by atoms with van der Waals surface area (Å²) in [4.78, 5) is 12.1. The summed E-state index contributed by atoms with van der Waals surface area (Å²) in [5, 5.41) is 0. The largest absolute Gasteiger partial charge is 0.491 e. The maximum atomic E-state index is 12.1. The molecule has 0 bridgehead atoms. The lowest BCUT2D eigenvalue weighted by molar-refractivity contribution is -0.154. The molecule has 2 unspecified atom stereocenters. The maximum absolute atomic E-state index is 12.1. The summed E-state index contributed by atoms with van der Waals surface area (Å²) in [5.41, 5.74) is 9.37. The van der Waals surface area contributed by atoms with Gasteiger partial charge in [-0.05, 0) is 76.1 Å². The number of ether oxygens (including phenoxy) is 4. The average molecular weight is 577 g/mol. The van der Waals surface area contributed by atoms with E-state index in [0.29, 0.717) is 26.2 Å². The first kappa shape index (κ1) is 30.3. The molecule has 4 aromatic rings. The molecule has 0 radical (unpaired) electrons. The SMILES string of the molecule is CCCc1ccc2c(c1)C=Cc1cc(-c3ccccc3)ccc1C2OCCOc1ccc(CC(OC)C(=O)OCC)cc1. The normalized spacial score (nSPS) is 14.3. The van der Waals surface area contributed by atoms with Gasteiger partial charge in [-0.15, -0.1) is 0 Å². The first-order chi connectivity index (χ1) is 21.1. The predicted molar refractivity (Wildman–Crippen MR) is 172 cm³/mol. The first-order valence-electron chi connectivity index (χ1n) is 15.1. The minimum Gasteiger partial charge on any atom is -0.491 e. The molecule has 0 aliphatic heterocycles. The maximum Gasteiger partial charge on any atom is 0.335 e. The minimum atomic E-state index is -0.623. The third-order valence-corrected chi connectivity index (χ3v) is 7.71. The number of rotatable bonds is 13. The van der Waals surface area contributed by atoms with Gasteiger partial charge in [-0.2, -0.15) is 0 Å². The van der Waals surface area contributed by atoms with E-state index < -0.39 is 6.10 Å². The lowest BCUT2D eigenvalue weighted by Gasteiger charge is -2.22. The highest BCUT2D eigenvalue weighted by molar-refractivity contribution is 5.79. The van der Waals surface area contributed by atoms with Crippen LogP contribution in [0.5, 0.6) is 5.75 Å². The van der Waals surface area contributed by atoms with E-state index in [4.69, 9.17) is 18.9 Å². The topological polar surface area (TPSA) is 54.0 Å². The highest BCUT2D eigenvalue weighted by Crippen LogP contribution is 2.38. The Hall–Kier alpha value is -4.19. The van der Waals surface area contributed by atoms with E-state index in [1.165, 1.54) is 34.9 Å². The Morgan fingerprint density at radius 3 is 2.16 bits per heavy atom. The van der Waals surface area contributed by atoms with Gasteiger partial charge in [-0.25, -0.2) is 4.79 Å². The fraction of sp³-hybridized carbons (Fsp3) is 0.289. The summed E-state index contributed by atoms with van der Waals surface area (Å²) in [6, 6.07) is 31.6. The van der Waals surface area contributed by atoms with Crippen molar-refractivity contribution < 1.29 is 23.7 Å². The zero-order valence-electron chi connectivity index (χ0n) is 25.3. The van der Waals surface area contributed by atoms with Gasteiger partial charge in [0.1, 0.15) is 18.5 Å². The molecule has 0 spiro atoms. The Kier molecular flexibility index (Phi) is 10.4. The lowest BCUT2D eigenvalue weighted by atomic mass is 9.92. The molecule has 2 atom stereocenters. The van der Waals surface area contributed by atoms with E-state index in [1.807, 2.05) is 30.3 Å². The summed E-state index contributed by atoms with van der Waals surface area (Å²) in [5.74, 6) is 0.398. The van der Waals surface area contributed by atoms with Crippen LogP contribution >= 0.6 is 0 Å². The quantitative estimate of drug-likeness (QED) is 0.119. The van der Waals surface area contributed by atoms with Gasteiger partial charge in [0.2, 0.25) is 0 Å². The molecule has 0 aromatic heterocycles. The van der Waals surface area contributed by atoms with Crippen LogP contribution in [0, 0.1) is 0 Å². The van der Waals surface area contributed by atoms with Crippen LogP contribution in [0.2, 0.25) is 0 Å². The molecule has 0 saturated heterocycles. The van der Waals surface area contributed by atoms with E-state index in [1.54, 1.807) is 6.92 Å². The van der Waals surface area contributed by atoms with Crippen LogP contribution in [0.3, 0.4) is 0 Å². The summed E-state index contributed by atoms with van der Waals surface area (Å²) < 4.78 is 23.0. The van der Waals surface area contributed by atoms with Crippen molar-refractivity contribution in [2.75, 3.05) is 26.9 Å². The number of carbonyl (C=O) groups excluding carboxylic acids is 1. The van der Waals surface area contributed by atoms with Crippen molar-refractivity contribution in [3.63, 3.8) is 0 Å². The molecule has 0 saturated carbocycles. The van der Waals surface area contributed by atoms with Crippen molar-refractivity contribution in [2.45, 2.75) is 45.3 Å². The van der Waals surface area contributed by atoms with Crippen molar-refractivity contribution in [3.8, 4) is 16.9 Å². The number of fused-ring (bicyclic) bond motifs is 2. The second-order valence-corrected chi connectivity index (χ2v) is 10.7. The lowest BCUT2D eigenvalue weighted by Crippen LogP contribution is -2.27. The number of benzene rings is 4. The van der Waals surface area contributed by atoms with E-state index in [2.05, 4.69) is 79.7 Å². The molecule has 5 nitrogen and oxygen atoms in total. The van der Waals surface area contributed by atoms with Crippen LogP contribution in [-0.2, 0) is 31.8 Å². The number of esters is 1. The number of carbonyl (C=O) groups is 1. The van der Waals surface area contributed by atoms with Crippen molar-refractivity contribution >= 4 is 18.1 Å². The number of hydrogen-bond acceptors (Lipinski definition) is 5. The zero-order chi connectivity index (χ0) is 30.0. The van der Waals surface area contributed by atoms with E-state index in [0.717, 1.165) is 35.3 Å². The highest BCUT2D eigenvalue weighted by atomic mass is 16.6. The summed E-state index contributed by atoms with van der Waals surface area (Å²) in [6.07, 6.45) is 6.22. The molecular weight excluding hydrogens is 536 g/mol. The standard InChI is InChI=1S/C38H40O5/c1-4-9-27-14-20-34-31(24-27)15-16-32-26-30(29-10-7-6-8-11-29)17-21-35(32)37(34)43-23-22-42-33-18-12-28(13-19-33)25-36(40-3)38(39)41-5-2/h6-8,10-21,24,26,36-37H,4-5,9,22-23,25H2,1-3H3. The highest BCUT2D eigenvalue weighted by Gasteiger charge is 2.23. The molecule has 222 valence electrons. The van der Waals surface area contributed by atoms with Gasteiger partial charge >= 0.3 is 5.97 Å². The third-order valence-electron chi connectivity index (χ3n) is 7.71. The Labute approximate surface area is 255 Å². The van der Waals surface area contributed by atoms with Crippen LogP contribution in [-0.4, -0.2) is 39.0 Å². The van der Waals surface area contributed by atoms with Crippen LogP contribution in [0.25, 0.3) is 23.3 Å². The van der Waals surface area contributed by atoms with Crippen molar-refractivity contribution in [1.29, 1.82) is 0 Å². The second kappa shape index (κ2) is 14.8. The molecule has 43 heavy (non-hydrogen) atoms. The number of aryl methyl sites for hydroxylation is 1. The fourth-order valence-electron chi connectivity index (χ4n) is 5.51. The second-order valence-electron chi connectivity index (χ2n) is 10.7. The van der Waals surface area contributed by atoms with Gasteiger partial charge in [0, 0.05) is 13.5 Å². The smallest absolute Gasteiger partial charge is 0.335 e. The van der Waals surface area contributed by atoms with Gasteiger partial charge in [0.25, 0.3) is 0 Å². The Bertz CT molecular complexity index is 1520. The minimum absolute atomic E-state index is 0.208. The molecule has 0 amide bonds. The van der Waals surface area contributed by atoms with Crippen LogP contribution < -0.4 is 4.74 Å². The first-order valence-corrected chi connectivity index (χ1v) is 15.1. The zero-order valence-corrected chi connectivity index (χ0v) is 25.3. The molecule has 0 heterocycles. The molecule has 1 aliphatic carbocycles. The van der Waals surface area contributed by atoms with Crippen LogP contribution in [0.15, 0.2) is 91.0 Å². The van der Waals surface area contributed by atoms with Crippen LogP contribution in [0.4, 0.5) is 0 Å². The monoisotopic (exact) mass is 576 g/mol. The number of methoxy groups -OCH3 is 1. The molecule has 4 aromatic carbocycles. The van der Waals surface area contributed by atoms with E-state index in [-0.39, 0.29) is 12.1 Å². The molecule has 0 fully saturated rings. The summed E-state index contributed by atoms with van der Waals surface area (Å²) in [7, 11) is 1.52. The van der Waals surface area contributed by atoms with Gasteiger partial charge in [-0.1, -0.05) is 98.3 Å². The fourth-order valence-corrected chi connectivity index (χ4v) is 5.51. The van der Waals surface area contributed by atoms with Crippen molar-refractivity contribution in [2.24, 2.45) is 0 Å². The van der Waals surface area contributed by atoms with Gasteiger partial charge in [0.15, 0.2) is 6.10 Å². The van der Waals surface area contributed by atoms with E-state index >= 15 is 0 Å².